The van der Waals surface area contributed by atoms with Gasteiger partial charge in [-0.1, -0.05) is 92.9 Å². The van der Waals surface area contributed by atoms with Gasteiger partial charge in [0.05, 0.1) is 0 Å². The molecule has 0 aliphatic carbocycles. The van der Waals surface area contributed by atoms with Gasteiger partial charge < -0.3 is 4.90 Å². The summed E-state index contributed by atoms with van der Waals surface area (Å²) in [5.74, 6) is 2.03. The molecule has 0 aromatic rings. The van der Waals surface area contributed by atoms with Crippen LogP contribution in [0.15, 0.2) is 0 Å². The zero-order chi connectivity index (χ0) is 19.8. The molecule has 0 aromatic carbocycles. The van der Waals surface area contributed by atoms with Crippen molar-refractivity contribution in [2.24, 2.45) is 17.8 Å². The van der Waals surface area contributed by atoms with Gasteiger partial charge in [0.25, 0.3) is 0 Å². The average Bonchev–Trinajstić information content (AvgIpc) is 2.67. The summed E-state index contributed by atoms with van der Waals surface area (Å²) in [6, 6.07) is 0. The molecule has 0 saturated carbocycles. The van der Waals surface area contributed by atoms with Crippen molar-refractivity contribution in [3.8, 4) is 0 Å². The lowest BCUT2D eigenvalue weighted by molar-refractivity contribution is -0.137. The van der Waals surface area contributed by atoms with Gasteiger partial charge in [0.1, 0.15) is 0 Å². The molecule has 156 valence electrons. The number of nitrogens with zero attached hydrogens (tertiary/aromatic N) is 1. The van der Waals surface area contributed by atoms with Crippen LogP contribution in [-0.2, 0) is 4.79 Å². The van der Waals surface area contributed by atoms with Crippen molar-refractivity contribution < 1.29 is 4.79 Å². The second-order valence-electron chi connectivity index (χ2n) is 8.32. The van der Waals surface area contributed by atoms with Crippen LogP contribution in [0.1, 0.15) is 119 Å². The molecular weight excluding hydrogens is 318 g/mol. The van der Waals surface area contributed by atoms with Gasteiger partial charge in [-0.05, 0) is 37.5 Å². The third kappa shape index (κ3) is 10.6. The highest BCUT2D eigenvalue weighted by Crippen LogP contribution is 2.23. The van der Waals surface area contributed by atoms with Crippen molar-refractivity contribution in [2.75, 3.05) is 13.1 Å². The minimum absolute atomic E-state index is 0.238. The summed E-state index contributed by atoms with van der Waals surface area (Å²) in [6.07, 6.45) is 14.5. The van der Waals surface area contributed by atoms with Crippen LogP contribution in [0.4, 0.5) is 0 Å². The van der Waals surface area contributed by atoms with Gasteiger partial charge in [-0.2, -0.15) is 0 Å². The fourth-order valence-corrected chi connectivity index (χ4v) is 3.92. The second kappa shape index (κ2) is 16.6. The number of unbranched alkanes of at least 4 members (excludes halogenated alkanes) is 3. The summed E-state index contributed by atoms with van der Waals surface area (Å²) >= 11 is 0. The Labute approximate surface area is 165 Å². The van der Waals surface area contributed by atoms with E-state index < -0.39 is 0 Å². The molecule has 0 saturated heterocycles. The Hall–Kier alpha value is -0.530. The topological polar surface area (TPSA) is 20.3 Å². The van der Waals surface area contributed by atoms with Crippen molar-refractivity contribution in [1.29, 1.82) is 0 Å². The molecule has 0 heterocycles. The summed E-state index contributed by atoms with van der Waals surface area (Å²) in [6.45, 7) is 15.5. The summed E-state index contributed by atoms with van der Waals surface area (Å²) in [5.41, 5.74) is 0. The lowest BCUT2D eigenvalue weighted by Crippen LogP contribution is -2.42. The minimum Gasteiger partial charge on any atom is -0.342 e. The number of hydrogen-bond acceptors (Lipinski definition) is 1. The molecule has 0 rings (SSSR count). The summed E-state index contributed by atoms with van der Waals surface area (Å²) < 4.78 is 0. The maximum atomic E-state index is 13.4. The summed E-state index contributed by atoms with van der Waals surface area (Å²) in [4.78, 5) is 15.6. The molecule has 3 unspecified atom stereocenters. The molecule has 26 heavy (non-hydrogen) atoms. The molecule has 0 spiro atoms. The van der Waals surface area contributed by atoms with E-state index in [4.69, 9.17) is 0 Å². The largest absolute Gasteiger partial charge is 0.342 e. The molecule has 0 aliphatic rings. The molecule has 0 N–H and O–H groups in total. The predicted molar refractivity (Wildman–Crippen MR) is 116 cm³/mol. The smallest absolute Gasteiger partial charge is 0.225 e. The van der Waals surface area contributed by atoms with E-state index in [2.05, 4.69) is 46.4 Å². The van der Waals surface area contributed by atoms with Crippen molar-refractivity contribution >= 4 is 5.91 Å². The molecule has 2 heteroatoms. The molecular formula is C24H49NO. The van der Waals surface area contributed by atoms with Crippen LogP contribution in [0.2, 0.25) is 0 Å². The first-order chi connectivity index (χ1) is 12.6. The SMILES string of the molecule is CCCCC(CC)CN(CC(CC)CCCC)C(=O)C(CC)CCCC. The molecule has 3 atom stereocenters. The normalized spacial score (nSPS) is 14.8. The molecule has 0 aliphatic heterocycles. The minimum atomic E-state index is 0.238. The molecule has 0 bridgehead atoms. The first-order valence-electron chi connectivity index (χ1n) is 11.9. The first kappa shape index (κ1) is 25.5. The van der Waals surface area contributed by atoms with Crippen molar-refractivity contribution in [3.05, 3.63) is 0 Å². The van der Waals surface area contributed by atoms with E-state index in [0.717, 1.165) is 25.9 Å². The highest BCUT2D eigenvalue weighted by Gasteiger charge is 2.26. The van der Waals surface area contributed by atoms with E-state index >= 15 is 0 Å². The molecule has 0 aromatic heterocycles. The fraction of sp³-hybridized carbons (Fsp3) is 0.958. The molecule has 0 radical (unpaired) electrons. The zero-order valence-corrected chi connectivity index (χ0v) is 19.0. The third-order valence-corrected chi connectivity index (χ3v) is 6.10. The van der Waals surface area contributed by atoms with Crippen LogP contribution in [0.3, 0.4) is 0 Å². The highest BCUT2D eigenvalue weighted by atomic mass is 16.2. The fourth-order valence-electron chi connectivity index (χ4n) is 3.92. The van der Waals surface area contributed by atoms with Crippen LogP contribution in [-0.4, -0.2) is 23.9 Å². The number of rotatable bonds is 17. The Kier molecular flexibility index (Phi) is 16.3. The van der Waals surface area contributed by atoms with Gasteiger partial charge in [-0.25, -0.2) is 0 Å². The van der Waals surface area contributed by atoms with Crippen LogP contribution in [0.5, 0.6) is 0 Å². The Bertz CT molecular complexity index is 310. The van der Waals surface area contributed by atoms with Gasteiger partial charge >= 0.3 is 0 Å². The van der Waals surface area contributed by atoms with Crippen LogP contribution >= 0.6 is 0 Å². The maximum absolute atomic E-state index is 13.4. The van der Waals surface area contributed by atoms with Gasteiger partial charge in [0.2, 0.25) is 5.91 Å². The van der Waals surface area contributed by atoms with Gasteiger partial charge in [-0.3, -0.25) is 4.79 Å². The van der Waals surface area contributed by atoms with Crippen molar-refractivity contribution in [2.45, 2.75) is 119 Å². The van der Waals surface area contributed by atoms with E-state index in [1.165, 1.54) is 64.2 Å². The van der Waals surface area contributed by atoms with E-state index in [-0.39, 0.29) is 5.92 Å². The summed E-state index contributed by atoms with van der Waals surface area (Å²) in [5, 5.41) is 0. The van der Waals surface area contributed by atoms with Gasteiger partial charge in [0.15, 0.2) is 0 Å². The Morgan fingerprint density at radius 3 is 1.42 bits per heavy atom. The Balaban J connectivity index is 5.11. The quantitative estimate of drug-likeness (QED) is 0.261. The highest BCUT2D eigenvalue weighted by molar-refractivity contribution is 5.78. The lowest BCUT2D eigenvalue weighted by Gasteiger charge is -2.33. The molecule has 2 nitrogen and oxygen atoms in total. The lowest BCUT2D eigenvalue weighted by atomic mass is 9.92. The van der Waals surface area contributed by atoms with Gasteiger partial charge in [0, 0.05) is 19.0 Å². The van der Waals surface area contributed by atoms with Crippen LogP contribution < -0.4 is 0 Å². The van der Waals surface area contributed by atoms with Crippen molar-refractivity contribution in [1.82, 2.24) is 4.90 Å². The number of carbonyl (C=O) groups is 1. The van der Waals surface area contributed by atoms with E-state index in [1.54, 1.807) is 0 Å². The van der Waals surface area contributed by atoms with Crippen LogP contribution in [0.25, 0.3) is 0 Å². The van der Waals surface area contributed by atoms with Gasteiger partial charge in [-0.15, -0.1) is 0 Å². The summed E-state index contributed by atoms with van der Waals surface area (Å²) in [7, 11) is 0. The standard InChI is InChI=1S/C24H49NO/c1-7-13-16-21(10-4)19-25(20-22(11-5)17-14-8-2)24(26)23(12-6)18-15-9-3/h21-23H,7-20H2,1-6H3. The Morgan fingerprint density at radius 1 is 0.654 bits per heavy atom. The predicted octanol–water partition coefficient (Wildman–Crippen LogP) is 7.46. The third-order valence-electron chi connectivity index (χ3n) is 6.10. The molecule has 0 fully saturated rings. The number of hydrogen-bond donors (Lipinski definition) is 0. The Morgan fingerprint density at radius 2 is 1.08 bits per heavy atom. The van der Waals surface area contributed by atoms with E-state index in [1.807, 2.05) is 0 Å². The molecule has 1 amide bonds. The monoisotopic (exact) mass is 367 g/mol. The number of carbonyl (C=O) groups excluding carboxylic acids is 1. The van der Waals surface area contributed by atoms with E-state index in [0.29, 0.717) is 17.7 Å². The van der Waals surface area contributed by atoms with Crippen LogP contribution in [0, 0.1) is 17.8 Å². The first-order valence-corrected chi connectivity index (χ1v) is 11.9. The van der Waals surface area contributed by atoms with Crippen molar-refractivity contribution in [3.63, 3.8) is 0 Å². The van der Waals surface area contributed by atoms with E-state index in [9.17, 15) is 4.79 Å². The maximum Gasteiger partial charge on any atom is 0.225 e. The second-order valence-corrected chi connectivity index (χ2v) is 8.32. The number of amides is 1. The average molecular weight is 368 g/mol. The zero-order valence-electron chi connectivity index (χ0n) is 19.0.